The molecule has 22 heavy (non-hydrogen) atoms. The van der Waals surface area contributed by atoms with Gasteiger partial charge in [-0.2, -0.15) is 5.10 Å². The second-order valence-electron chi connectivity index (χ2n) is 5.47. The number of hydrogen-bond acceptors (Lipinski definition) is 5. The summed E-state index contributed by atoms with van der Waals surface area (Å²) in [5.74, 6) is 1.88. The van der Waals surface area contributed by atoms with Gasteiger partial charge in [0.1, 0.15) is 5.82 Å². The second kappa shape index (κ2) is 5.51. The summed E-state index contributed by atoms with van der Waals surface area (Å²) in [5.41, 5.74) is 2.81. The Bertz CT molecular complexity index is 788. The van der Waals surface area contributed by atoms with Crippen molar-refractivity contribution < 1.29 is 9.84 Å². The highest BCUT2D eigenvalue weighted by atomic mass is 16.5. The summed E-state index contributed by atoms with van der Waals surface area (Å²) in [7, 11) is 0. The van der Waals surface area contributed by atoms with Crippen molar-refractivity contribution >= 4 is 11.0 Å². The normalized spacial score (nSPS) is 18.3. The van der Waals surface area contributed by atoms with Gasteiger partial charge >= 0.3 is 0 Å². The molecule has 0 unspecified atom stereocenters. The van der Waals surface area contributed by atoms with Crippen molar-refractivity contribution in [2.24, 2.45) is 0 Å². The quantitative estimate of drug-likeness (QED) is 0.758. The predicted octanol–water partition coefficient (Wildman–Crippen LogP) is 1.32. The first-order chi connectivity index (χ1) is 10.8. The lowest BCUT2D eigenvalue weighted by molar-refractivity contribution is 0.193. The summed E-state index contributed by atoms with van der Waals surface area (Å²) >= 11 is 0. The van der Waals surface area contributed by atoms with Gasteiger partial charge in [0, 0.05) is 24.6 Å². The average Bonchev–Trinajstić information content (AvgIpc) is 3.27. The average molecular weight is 299 g/mol. The first kappa shape index (κ1) is 13.4. The van der Waals surface area contributed by atoms with E-state index in [2.05, 4.69) is 20.2 Å². The number of ether oxygens (including phenoxy) is 1. The molecule has 2 N–H and O–H groups in total. The Morgan fingerprint density at radius 3 is 3.18 bits per heavy atom. The number of aromatic amines is 1. The fraction of sp³-hybridized carbons (Fsp3) is 0.400. The molecule has 1 fully saturated rings. The van der Waals surface area contributed by atoms with Gasteiger partial charge in [0.2, 0.25) is 0 Å². The molecular formula is C15H17N5O2. The van der Waals surface area contributed by atoms with E-state index in [9.17, 15) is 0 Å². The molecule has 0 radical (unpaired) electrons. The third kappa shape index (κ3) is 2.28. The number of nitrogens with one attached hydrogen (secondary N) is 1. The summed E-state index contributed by atoms with van der Waals surface area (Å²) in [5, 5.41) is 16.4. The van der Waals surface area contributed by atoms with Gasteiger partial charge < -0.3 is 14.4 Å². The molecule has 1 aromatic carbocycles. The maximum atomic E-state index is 9.05. The van der Waals surface area contributed by atoms with E-state index in [-0.39, 0.29) is 6.61 Å². The Morgan fingerprint density at radius 2 is 2.36 bits per heavy atom. The van der Waals surface area contributed by atoms with Gasteiger partial charge in [-0.05, 0) is 24.6 Å². The number of aromatic nitrogens is 5. The van der Waals surface area contributed by atoms with Crippen LogP contribution < -0.4 is 0 Å². The smallest absolute Gasteiger partial charge is 0.181 e. The van der Waals surface area contributed by atoms with Crippen LogP contribution in [-0.4, -0.2) is 49.7 Å². The molecular weight excluding hydrogens is 282 g/mol. The van der Waals surface area contributed by atoms with Gasteiger partial charge in [0.15, 0.2) is 5.82 Å². The summed E-state index contributed by atoms with van der Waals surface area (Å²) in [6.45, 7) is 2.14. The van der Waals surface area contributed by atoms with Crippen LogP contribution >= 0.6 is 0 Å². The summed E-state index contributed by atoms with van der Waals surface area (Å²) < 4.78 is 7.32. The number of rotatable bonds is 4. The lowest BCUT2D eigenvalue weighted by atomic mass is 10.1. The van der Waals surface area contributed by atoms with E-state index in [0.717, 1.165) is 35.4 Å². The van der Waals surface area contributed by atoms with Gasteiger partial charge in [-0.1, -0.05) is 0 Å². The van der Waals surface area contributed by atoms with Crippen LogP contribution in [-0.2, 0) is 11.3 Å². The third-order valence-electron chi connectivity index (χ3n) is 4.04. The molecule has 114 valence electrons. The number of nitrogens with zero attached hydrogens (tertiary/aromatic N) is 4. The van der Waals surface area contributed by atoms with Crippen molar-refractivity contribution in [3.8, 4) is 11.4 Å². The van der Waals surface area contributed by atoms with E-state index in [1.54, 1.807) is 6.33 Å². The molecule has 1 aliphatic rings. The van der Waals surface area contributed by atoms with Crippen molar-refractivity contribution in [1.82, 2.24) is 24.7 Å². The second-order valence-corrected chi connectivity index (χ2v) is 5.47. The number of aliphatic hydroxyl groups is 1. The Labute approximate surface area is 127 Å². The molecule has 0 saturated carbocycles. The molecule has 3 aromatic rings. The van der Waals surface area contributed by atoms with Gasteiger partial charge in [-0.15, -0.1) is 0 Å². The highest BCUT2D eigenvalue weighted by Gasteiger charge is 2.21. The number of benzene rings is 1. The van der Waals surface area contributed by atoms with Crippen molar-refractivity contribution in [1.29, 1.82) is 0 Å². The molecule has 1 saturated heterocycles. The van der Waals surface area contributed by atoms with Gasteiger partial charge in [0.25, 0.3) is 0 Å². The van der Waals surface area contributed by atoms with Crippen LogP contribution in [0.5, 0.6) is 0 Å². The van der Waals surface area contributed by atoms with E-state index in [0.29, 0.717) is 24.9 Å². The lowest BCUT2D eigenvalue weighted by Crippen LogP contribution is -2.00. The minimum absolute atomic E-state index is 0.0982. The highest BCUT2D eigenvalue weighted by molar-refractivity contribution is 5.80. The standard InChI is InChI=1S/C15H17N5O2/c21-5-4-20-9-16-12-7-10(1-2-13(12)20)14-17-15(19-18-14)11-3-6-22-8-11/h1-2,7,9,11,21H,3-6,8H2,(H,17,18,19)/t11-/m1/s1. The lowest BCUT2D eigenvalue weighted by Gasteiger charge is -2.02. The molecule has 7 nitrogen and oxygen atoms in total. The molecule has 7 heteroatoms. The third-order valence-corrected chi connectivity index (χ3v) is 4.04. The van der Waals surface area contributed by atoms with Crippen LogP contribution in [0.1, 0.15) is 18.2 Å². The predicted molar refractivity (Wildman–Crippen MR) is 80.4 cm³/mol. The SMILES string of the molecule is OCCn1cnc2cc(-c3n[nH]c([C@@H]4CCOC4)n3)ccc21. The molecule has 2 aromatic heterocycles. The summed E-state index contributed by atoms with van der Waals surface area (Å²) in [6.07, 6.45) is 2.73. The maximum absolute atomic E-state index is 9.05. The van der Waals surface area contributed by atoms with Crippen molar-refractivity contribution in [2.75, 3.05) is 19.8 Å². The summed E-state index contributed by atoms with van der Waals surface area (Å²) in [6, 6.07) is 5.94. The molecule has 1 atom stereocenters. The number of H-pyrrole nitrogens is 1. The minimum Gasteiger partial charge on any atom is -0.395 e. The zero-order chi connectivity index (χ0) is 14.9. The minimum atomic E-state index is 0.0982. The molecule has 1 aliphatic heterocycles. The Balaban J connectivity index is 1.66. The van der Waals surface area contributed by atoms with Gasteiger partial charge in [0.05, 0.1) is 30.6 Å². The molecule has 0 spiro atoms. The first-order valence-corrected chi connectivity index (χ1v) is 7.41. The fourth-order valence-corrected chi connectivity index (χ4v) is 2.82. The van der Waals surface area contributed by atoms with Crippen molar-refractivity contribution in [3.05, 3.63) is 30.4 Å². The van der Waals surface area contributed by atoms with Crippen LogP contribution in [0.2, 0.25) is 0 Å². The van der Waals surface area contributed by atoms with Crippen LogP contribution in [0.15, 0.2) is 24.5 Å². The zero-order valence-electron chi connectivity index (χ0n) is 12.1. The highest BCUT2D eigenvalue weighted by Crippen LogP contribution is 2.25. The number of imidazole rings is 1. The van der Waals surface area contributed by atoms with Crippen LogP contribution in [0.4, 0.5) is 0 Å². The number of aliphatic hydroxyl groups excluding tert-OH is 1. The van der Waals surface area contributed by atoms with Crippen LogP contribution in [0, 0.1) is 0 Å². The fourth-order valence-electron chi connectivity index (χ4n) is 2.82. The van der Waals surface area contributed by atoms with E-state index in [4.69, 9.17) is 9.84 Å². The van der Waals surface area contributed by atoms with E-state index < -0.39 is 0 Å². The van der Waals surface area contributed by atoms with E-state index >= 15 is 0 Å². The number of fused-ring (bicyclic) bond motifs is 1. The first-order valence-electron chi connectivity index (χ1n) is 7.41. The largest absolute Gasteiger partial charge is 0.395 e. The van der Waals surface area contributed by atoms with E-state index in [1.165, 1.54) is 0 Å². The van der Waals surface area contributed by atoms with E-state index in [1.807, 2.05) is 22.8 Å². The van der Waals surface area contributed by atoms with Crippen LogP contribution in [0.25, 0.3) is 22.4 Å². The molecule has 0 amide bonds. The van der Waals surface area contributed by atoms with Crippen LogP contribution in [0.3, 0.4) is 0 Å². The number of hydrogen-bond donors (Lipinski definition) is 2. The molecule has 0 aliphatic carbocycles. The molecule has 0 bridgehead atoms. The van der Waals surface area contributed by atoms with Crippen molar-refractivity contribution in [2.45, 2.75) is 18.9 Å². The zero-order valence-corrected chi connectivity index (χ0v) is 12.1. The maximum Gasteiger partial charge on any atom is 0.181 e. The van der Waals surface area contributed by atoms with Gasteiger partial charge in [-0.3, -0.25) is 5.10 Å². The molecule has 3 heterocycles. The molecule has 4 rings (SSSR count). The Morgan fingerprint density at radius 1 is 1.41 bits per heavy atom. The summed E-state index contributed by atoms with van der Waals surface area (Å²) in [4.78, 5) is 8.96. The topological polar surface area (TPSA) is 88.8 Å². The Hall–Kier alpha value is -2.25. The van der Waals surface area contributed by atoms with Gasteiger partial charge in [-0.25, -0.2) is 9.97 Å². The monoisotopic (exact) mass is 299 g/mol. The van der Waals surface area contributed by atoms with Crippen molar-refractivity contribution in [3.63, 3.8) is 0 Å². The Kier molecular flexibility index (Phi) is 3.36.